The van der Waals surface area contributed by atoms with Crippen LogP contribution in [0.4, 0.5) is 0 Å². The number of hydrogen-bond donors (Lipinski definition) is 1. The van der Waals surface area contributed by atoms with Crippen molar-refractivity contribution in [3.8, 4) is 0 Å². The van der Waals surface area contributed by atoms with Crippen molar-refractivity contribution in [1.82, 2.24) is 0 Å². The number of aliphatic hydroxyl groups is 1. The van der Waals surface area contributed by atoms with Gasteiger partial charge in [-0.25, -0.2) is 0 Å². The van der Waals surface area contributed by atoms with E-state index in [0.29, 0.717) is 0 Å². The van der Waals surface area contributed by atoms with E-state index in [1.807, 2.05) is 11.4 Å². The van der Waals surface area contributed by atoms with Gasteiger partial charge >= 0.3 is 0 Å². The maximum atomic E-state index is 10.1. The van der Waals surface area contributed by atoms with Gasteiger partial charge in [0.05, 0.1) is 0 Å². The molecule has 1 nitrogen and oxygen atoms in total. The first-order chi connectivity index (χ1) is 5.76. The minimum atomic E-state index is -0.742. The molecule has 1 aromatic heterocycles. The highest BCUT2D eigenvalue weighted by molar-refractivity contribution is 7.10. The lowest BCUT2D eigenvalue weighted by atomic mass is 9.84. The second kappa shape index (κ2) is 2.71. The summed E-state index contributed by atoms with van der Waals surface area (Å²) in [4.78, 5) is 1.32. The van der Waals surface area contributed by atoms with Crippen molar-refractivity contribution < 1.29 is 5.11 Å². The molecule has 0 aliphatic heterocycles. The minimum absolute atomic E-state index is 0.742. The molecule has 1 N–H and O–H groups in total. The summed E-state index contributed by atoms with van der Waals surface area (Å²) in [6, 6.07) is 2.01. The van der Waals surface area contributed by atoms with Crippen LogP contribution in [0, 0.1) is 0 Å². The summed E-state index contributed by atoms with van der Waals surface area (Å²) in [5.41, 5.74) is 0.335. The molecule has 1 atom stereocenters. The summed E-state index contributed by atoms with van der Waals surface area (Å²) in [7, 11) is 0. The third-order valence-electron chi connectivity index (χ3n) is 2.51. The average Bonchev–Trinajstić information content (AvgIpc) is 2.54. The second-order valence-corrected chi connectivity index (χ2v) is 4.24. The van der Waals surface area contributed by atoms with E-state index in [-0.39, 0.29) is 0 Å². The Balaban J connectivity index is 2.50. The van der Waals surface area contributed by atoms with Gasteiger partial charge in [0.1, 0.15) is 5.60 Å². The number of fused-ring (bicyclic) bond motifs is 1. The molecule has 0 fully saturated rings. The molecule has 0 amide bonds. The molecule has 1 aliphatic carbocycles. The first-order valence-electron chi connectivity index (χ1n) is 4.19. The van der Waals surface area contributed by atoms with Gasteiger partial charge in [-0.15, -0.1) is 11.3 Å². The summed E-state index contributed by atoms with van der Waals surface area (Å²) in [5, 5.41) is 12.2. The van der Waals surface area contributed by atoms with Gasteiger partial charge in [0.15, 0.2) is 0 Å². The maximum absolute atomic E-state index is 10.1. The number of aryl methyl sites for hydroxylation is 1. The molecule has 0 radical (unpaired) electrons. The van der Waals surface area contributed by atoms with E-state index >= 15 is 0 Å². The Labute approximate surface area is 76.4 Å². The van der Waals surface area contributed by atoms with Gasteiger partial charge < -0.3 is 5.11 Å². The fraction of sp³-hybridized carbons (Fsp3) is 0.400. The predicted molar refractivity (Wildman–Crippen MR) is 51.4 cm³/mol. The lowest BCUT2D eigenvalue weighted by Crippen LogP contribution is -2.26. The molecule has 1 aliphatic rings. The summed E-state index contributed by atoms with van der Waals surface area (Å²) >= 11 is 1.74. The van der Waals surface area contributed by atoms with Crippen molar-refractivity contribution in [3.05, 3.63) is 34.5 Å². The molecule has 0 unspecified atom stereocenters. The van der Waals surface area contributed by atoms with Crippen LogP contribution in [-0.2, 0) is 12.0 Å². The first-order valence-corrected chi connectivity index (χ1v) is 5.07. The van der Waals surface area contributed by atoms with Crippen LogP contribution in [0.15, 0.2) is 24.1 Å². The van der Waals surface area contributed by atoms with Crippen molar-refractivity contribution in [1.29, 1.82) is 0 Å². The molecular formula is C10H12OS. The van der Waals surface area contributed by atoms with Crippen LogP contribution in [0.5, 0.6) is 0 Å². The normalized spacial score (nSPS) is 28.1. The number of hydrogen-bond acceptors (Lipinski definition) is 2. The number of rotatable bonds is 1. The smallest absolute Gasteiger partial charge is 0.109 e. The molecule has 0 bridgehead atoms. The highest BCUT2D eigenvalue weighted by Gasteiger charge is 2.31. The fourth-order valence-corrected chi connectivity index (χ4v) is 2.79. The summed E-state index contributed by atoms with van der Waals surface area (Å²) < 4.78 is 0. The fourth-order valence-electron chi connectivity index (χ4n) is 1.79. The van der Waals surface area contributed by atoms with Crippen LogP contribution in [0.2, 0.25) is 0 Å². The molecule has 0 aromatic carbocycles. The van der Waals surface area contributed by atoms with E-state index in [0.717, 1.165) is 24.8 Å². The van der Waals surface area contributed by atoms with E-state index < -0.39 is 5.60 Å². The molecule has 0 saturated carbocycles. The zero-order valence-corrected chi connectivity index (χ0v) is 7.73. The van der Waals surface area contributed by atoms with Gasteiger partial charge in [0.2, 0.25) is 0 Å². The Hall–Kier alpha value is -0.600. The quantitative estimate of drug-likeness (QED) is 0.658. The van der Waals surface area contributed by atoms with Crippen LogP contribution in [0.1, 0.15) is 23.3 Å². The van der Waals surface area contributed by atoms with E-state index in [1.54, 1.807) is 17.4 Å². The van der Waals surface area contributed by atoms with Gasteiger partial charge in [-0.05, 0) is 30.7 Å². The third-order valence-corrected chi connectivity index (χ3v) is 3.49. The van der Waals surface area contributed by atoms with Gasteiger partial charge in [0, 0.05) is 10.4 Å². The van der Waals surface area contributed by atoms with Crippen molar-refractivity contribution in [3.63, 3.8) is 0 Å². The first kappa shape index (κ1) is 8.02. The summed E-state index contributed by atoms with van der Waals surface area (Å²) in [6.07, 6.45) is 4.66. The van der Waals surface area contributed by atoms with Crippen LogP contribution in [0.3, 0.4) is 0 Å². The van der Waals surface area contributed by atoms with Crippen LogP contribution >= 0.6 is 11.3 Å². The lowest BCUT2D eigenvalue weighted by molar-refractivity contribution is 0.0713. The van der Waals surface area contributed by atoms with Crippen molar-refractivity contribution in [2.45, 2.75) is 24.9 Å². The molecule has 12 heavy (non-hydrogen) atoms. The van der Waals surface area contributed by atoms with Crippen LogP contribution in [0.25, 0.3) is 0 Å². The Morgan fingerprint density at radius 3 is 3.25 bits per heavy atom. The molecule has 0 spiro atoms. The Kier molecular flexibility index (Phi) is 1.81. The van der Waals surface area contributed by atoms with Crippen molar-refractivity contribution in [2.24, 2.45) is 0 Å². The Morgan fingerprint density at radius 1 is 1.67 bits per heavy atom. The largest absolute Gasteiger partial charge is 0.381 e. The van der Waals surface area contributed by atoms with E-state index in [9.17, 15) is 5.11 Å². The Morgan fingerprint density at radius 2 is 2.50 bits per heavy atom. The maximum Gasteiger partial charge on any atom is 0.109 e. The van der Waals surface area contributed by atoms with E-state index in [4.69, 9.17) is 0 Å². The van der Waals surface area contributed by atoms with Crippen molar-refractivity contribution >= 4 is 11.3 Å². The van der Waals surface area contributed by atoms with Crippen LogP contribution in [-0.4, -0.2) is 5.11 Å². The zero-order valence-electron chi connectivity index (χ0n) is 6.92. The SMILES string of the molecule is C=C[C@]1(O)CCCc2sccc21. The molecule has 2 heteroatoms. The highest BCUT2D eigenvalue weighted by Crippen LogP contribution is 2.38. The van der Waals surface area contributed by atoms with Crippen molar-refractivity contribution in [2.75, 3.05) is 0 Å². The van der Waals surface area contributed by atoms with E-state index in [1.165, 1.54) is 4.88 Å². The van der Waals surface area contributed by atoms with Gasteiger partial charge in [-0.3, -0.25) is 0 Å². The zero-order chi connectivity index (χ0) is 8.60. The summed E-state index contributed by atoms with van der Waals surface area (Å²) in [6.45, 7) is 3.69. The van der Waals surface area contributed by atoms with E-state index in [2.05, 4.69) is 6.58 Å². The molecule has 2 rings (SSSR count). The topological polar surface area (TPSA) is 20.2 Å². The molecule has 1 aromatic rings. The lowest BCUT2D eigenvalue weighted by Gasteiger charge is -2.29. The highest BCUT2D eigenvalue weighted by atomic mass is 32.1. The molecule has 64 valence electrons. The minimum Gasteiger partial charge on any atom is -0.381 e. The second-order valence-electron chi connectivity index (χ2n) is 3.24. The molecule has 1 heterocycles. The average molecular weight is 180 g/mol. The molecular weight excluding hydrogens is 168 g/mol. The summed E-state index contributed by atoms with van der Waals surface area (Å²) in [5.74, 6) is 0. The van der Waals surface area contributed by atoms with Gasteiger partial charge in [-0.2, -0.15) is 0 Å². The third kappa shape index (κ3) is 1.03. The Bertz CT molecular complexity index is 303. The van der Waals surface area contributed by atoms with Gasteiger partial charge in [0.25, 0.3) is 0 Å². The van der Waals surface area contributed by atoms with Gasteiger partial charge in [-0.1, -0.05) is 12.7 Å². The van der Waals surface area contributed by atoms with Crippen LogP contribution < -0.4 is 0 Å². The molecule has 0 saturated heterocycles. The standard InChI is InChI=1S/C10H12OS/c1-2-10(11)6-3-4-9-8(10)5-7-12-9/h2,5,7,11H,1,3-4,6H2/t10-/m0/s1. The predicted octanol–water partition coefficient (Wildman–Crippen LogP) is 2.46. The number of thiophene rings is 1. The monoisotopic (exact) mass is 180 g/mol.